The SMILES string of the molecule is CC(C)(C)OC(=O)N[C@H]1CC2C[C@]2(C(=O)O)C1. The van der Waals surface area contributed by atoms with Gasteiger partial charge in [-0.3, -0.25) is 4.79 Å². The van der Waals surface area contributed by atoms with Gasteiger partial charge in [0, 0.05) is 6.04 Å². The molecule has 0 saturated heterocycles. The van der Waals surface area contributed by atoms with Crippen LogP contribution in [0.15, 0.2) is 0 Å². The van der Waals surface area contributed by atoms with Gasteiger partial charge in [0.25, 0.3) is 0 Å². The van der Waals surface area contributed by atoms with Crippen LogP contribution in [0.4, 0.5) is 4.79 Å². The monoisotopic (exact) mass is 241 g/mol. The van der Waals surface area contributed by atoms with Crippen LogP contribution in [0.25, 0.3) is 0 Å². The molecule has 2 N–H and O–H groups in total. The molecule has 0 bridgehead atoms. The van der Waals surface area contributed by atoms with Crippen LogP contribution in [0.3, 0.4) is 0 Å². The van der Waals surface area contributed by atoms with Gasteiger partial charge in [-0.2, -0.15) is 0 Å². The molecule has 17 heavy (non-hydrogen) atoms. The summed E-state index contributed by atoms with van der Waals surface area (Å²) in [6, 6.07) is -0.0558. The third kappa shape index (κ3) is 2.37. The predicted octanol–water partition coefficient (Wildman–Crippen LogP) is 1.76. The number of carboxylic acids is 1. The second-order valence-electron chi connectivity index (χ2n) is 6.15. The molecule has 3 atom stereocenters. The van der Waals surface area contributed by atoms with E-state index in [1.165, 1.54) is 0 Å². The molecule has 5 heteroatoms. The highest BCUT2D eigenvalue weighted by molar-refractivity contribution is 5.79. The number of aliphatic carboxylic acids is 1. The number of rotatable bonds is 2. The van der Waals surface area contributed by atoms with Crippen LogP contribution >= 0.6 is 0 Å². The van der Waals surface area contributed by atoms with Gasteiger partial charge in [0.2, 0.25) is 0 Å². The Bertz CT molecular complexity index is 360. The molecule has 0 heterocycles. The minimum Gasteiger partial charge on any atom is -0.481 e. The zero-order valence-electron chi connectivity index (χ0n) is 10.4. The molecular formula is C12H19NO4. The summed E-state index contributed by atoms with van der Waals surface area (Å²) in [7, 11) is 0. The molecule has 1 amide bonds. The van der Waals surface area contributed by atoms with Gasteiger partial charge in [0.15, 0.2) is 0 Å². The van der Waals surface area contributed by atoms with E-state index in [0.717, 1.165) is 12.8 Å². The summed E-state index contributed by atoms with van der Waals surface area (Å²) in [6.45, 7) is 5.41. The first-order chi connectivity index (χ1) is 7.73. The van der Waals surface area contributed by atoms with Crippen molar-refractivity contribution in [1.82, 2.24) is 5.32 Å². The van der Waals surface area contributed by atoms with E-state index in [4.69, 9.17) is 9.84 Å². The van der Waals surface area contributed by atoms with Gasteiger partial charge in [0.05, 0.1) is 5.41 Å². The molecule has 2 aliphatic rings. The van der Waals surface area contributed by atoms with Crippen LogP contribution in [0.1, 0.15) is 40.0 Å². The van der Waals surface area contributed by atoms with Gasteiger partial charge in [-0.05, 0) is 46.0 Å². The minimum atomic E-state index is -0.726. The molecule has 1 unspecified atom stereocenters. The number of fused-ring (bicyclic) bond motifs is 1. The van der Waals surface area contributed by atoms with Crippen molar-refractivity contribution < 1.29 is 19.4 Å². The second kappa shape index (κ2) is 3.62. The molecule has 96 valence electrons. The van der Waals surface area contributed by atoms with Crippen molar-refractivity contribution in [1.29, 1.82) is 0 Å². The molecule has 0 spiro atoms. The Morgan fingerprint density at radius 1 is 1.35 bits per heavy atom. The highest BCUT2D eigenvalue weighted by atomic mass is 16.6. The number of hydrogen-bond donors (Lipinski definition) is 2. The highest BCUT2D eigenvalue weighted by Gasteiger charge is 2.65. The molecule has 2 fully saturated rings. The van der Waals surface area contributed by atoms with Crippen molar-refractivity contribution >= 4 is 12.1 Å². The number of carboxylic acid groups (broad SMARTS) is 1. The molecule has 5 nitrogen and oxygen atoms in total. The summed E-state index contributed by atoms with van der Waals surface area (Å²) in [4.78, 5) is 22.6. The topological polar surface area (TPSA) is 75.6 Å². The van der Waals surface area contributed by atoms with Crippen molar-refractivity contribution in [2.45, 2.75) is 51.7 Å². The van der Waals surface area contributed by atoms with Gasteiger partial charge in [0.1, 0.15) is 5.60 Å². The third-order valence-electron chi connectivity index (χ3n) is 3.56. The van der Waals surface area contributed by atoms with Crippen LogP contribution in [-0.4, -0.2) is 28.8 Å². The van der Waals surface area contributed by atoms with Gasteiger partial charge in [-0.1, -0.05) is 0 Å². The number of amides is 1. The summed E-state index contributed by atoms with van der Waals surface area (Å²) in [6.07, 6.45) is 1.59. The first-order valence-corrected chi connectivity index (χ1v) is 5.96. The molecule has 0 aromatic carbocycles. The van der Waals surface area contributed by atoms with E-state index in [0.29, 0.717) is 6.42 Å². The Morgan fingerprint density at radius 3 is 2.47 bits per heavy atom. The fraction of sp³-hybridized carbons (Fsp3) is 0.833. The largest absolute Gasteiger partial charge is 0.481 e. The molecule has 2 saturated carbocycles. The first kappa shape index (κ1) is 12.2. The summed E-state index contributed by atoms with van der Waals surface area (Å²) in [5.74, 6) is -0.490. The Hall–Kier alpha value is -1.26. The number of nitrogens with one attached hydrogen (secondary N) is 1. The summed E-state index contributed by atoms with van der Waals surface area (Å²) < 4.78 is 5.15. The minimum absolute atomic E-state index is 0.0558. The van der Waals surface area contributed by atoms with Crippen molar-refractivity contribution in [3.8, 4) is 0 Å². The molecule has 2 rings (SSSR count). The van der Waals surface area contributed by atoms with Crippen LogP contribution in [0, 0.1) is 11.3 Å². The Morgan fingerprint density at radius 2 is 2.00 bits per heavy atom. The maximum absolute atomic E-state index is 11.5. The lowest BCUT2D eigenvalue weighted by atomic mass is 10.0. The smallest absolute Gasteiger partial charge is 0.407 e. The molecule has 0 aromatic rings. The van der Waals surface area contributed by atoms with Crippen molar-refractivity contribution in [3.63, 3.8) is 0 Å². The number of hydrogen-bond acceptors (Lipinski definition) is 3. The highest BCUT2D eigenvalue weighted by Crippen LogP contribution is 2.63. The molecule has 2 aliphatic carbocycles. The van der Waals surface area contributed by atoms with Crippen LogP contribution < -0.4 is 5.32 Å². The zero-order valence-corrected chi connectivity index (χ0v) is 10.4. The maximum Gasteiger partial charge on any atom is 0.407 e. The standard InChI is InChI=1S/C12H19NO4/c1-11(2,3)17-10(16)13-8-4-7-5-12(7,6-8)9(14)15/h7-8H,4-6H2,1-3H3,(H,13,16)(H,14,15)/t7?,8-,12-/m0/s1. The fourth-order valence-corrected chi connectivity index (χ4v) is 2.74. The lowest BCUT2D eigenvalue weighted by Gasteiger charge is -2.22. The predicted molar refractivity (Wildman–Crippen MR) is 60.6 cm³/mol. The number of carbonyl (C=O) groups is 2. The maximum atomic E-state index is 11.5. The summed E-state index contributed by atoms with van der Waals surface area (Å²) in [5, 5.41) is 11.9. The lowest BCUT2D eigenvalue weighted by molar-refractivity contribution is -0.143. The van der Waals surface area contributed by atoms with E-state index < -0.39 is 23.1 Å². The Balaban J connectivity index is 1.84. The van der Waals surface area contributed by atoms with E-state index in [-0.39, 0.29) is 12.0 Å². The number of alkyl carbamates (subject to hydrolysis) is 1. The third-order valence-corrected chi connectivity index (χ3v) is 3.56. The van der Waals surface area contributed by atoms with Crippen molar-refractivity contribution in [2.24, 2.45) is 11.3 Å². The van der Waals surface area contributed by atoms with E-state index >= 15 is 0 Å². The van der Waals surface area contributed by atoms with E-state index in [2.05, 4.69) is 5.32 Å². The first-order valence-electron chi connectivity index (χ1n) is 5.96. The van der Waals surface area contributed by atoms with Crippen LogP contribution in [0.2, 0.25) is 0 Å². The zero-order chi connectivity index (χ0) is 12.8. The quantitative estimate of drug-likeness (QED) is 0.772. The summed E-state index contributed by atoms with van der Waals surface area (Å²) >= 11 is 0. The Kier molecular flexibility index (Phi) is 2.60. The summed E-state index contributed by atoms with van der Waals surface area (Å²) in [5.41, 5.74) is -1.07. The van der Waals surface area contributed by atoms with Crippen molar-refractivity contribution in [2.75, 3.05) is 0 Å². The lowest BCUT2D eigenvalue weighted by Crippen LogP contribution is -2.39. The number of ether oxygens (including phenoxy) is 1. The van der Waals surface area contributed by atoms with Gasteiger partial charge in [-0.15, -0.1) is 0 Å². The Labute approximate surface area is 101 Å². The van der Waals surface area contributed by atoms with E-state index in [9.17, 15) is 9.59 Å². The average molecular weight is 241 g/mol. The van der Waals surface area contributed by atoms with Gasteiger partial charge in [-0.25, -0.2) is 4.79 Å². The van der Waals surface area contributed by atoms with Gasteiger partial charge >= 0.3 is 12.1 Å². The van der Waals surface area contributed by atoms with Crippen molar-refractivity contribution in [3.05, 3.63) is 0 Å². The normalized spacial score (nSPS) is 35.0. The molecule has 0 aromatic heterocycles. The van der Waals surface area contributed by atoms with Crippen LogP contribution in [-0.2, 0) is 9.53 Å². The van der Waals surface area contributed by atoms with Crippen LogP contribution in [0.5, 0.6) is 0 Å². The molecular weight excluding hydrogens is 222 g/mol. The average Bonchev–Trinajstić information content (AvgIpc) is 2.67. The fourth-order valence-electron chi connectivity index (χ4n) is 2.74. The van der Waals surface area contributed by atoms with E-state index in [1.54, 1.807) is 20.8 Å². The number of carbonyl (C=O) groups excluding carboxylic acids is 1. The molecule has 0 radical (unpaired) electrons. The molecule has 0 aliphatic heterocycles. The van der Waals surface area contributed by atoms with E-state index in [1.807, 2.05) is 0 Å². The van der Waals surface area contributed by atoms with Gasteiger partial charge < -0.3 is 15.2 Å². The second-order valence-corrected chi connectivity index (χ2v) is 6.15.